The van der Waals surface area contributed by atoms with Crippen molar-refractivity contribution in [2.24, 2.45) is 0 Å². The Morgan fingerprint density at radius 2 is 1.86 bits per heavy atom. The lowest BCUT2D eigenvalue weighted by atomic mass is 10.1. The summed E-state index contributed by atoms with van der Waals surface area (Å²) in [6.07, 6.45) is 0. The molecule has 0 heterocycles. The van der Waals surface area contributed by atoms with Gasteiger partial charge in [0.1, 0.15) is 0 Å². The molecule has 0 bridgehead atoms. The summed E-state index contributed by atoms with van der Waals surface area (Å²) >= 11 is 13.2. The van der Waals surface area contributed by atoms with Crippen LogP contribution in [0.4, 0.5) is 5.69 Å². The largest absolute Gasteiger partial charge is 0.362 e. The molecule has 2 rings (SSSR count). The number of thiocarbonyl (C=S) groups is 1. The van der Waals surface area contributed by atoms with Crippen molar-refractivity contribution in [2.75, 3.05) is 17.6 Å². The second-order valence-electron chi connectivity index (χ2n) is 4.84. The third-order valence-electron chi connectivity index (χ3n) is 3.17. The molecule has 0 radical (unpaired) electrons. The Bertz CT molecular complexity index is 632. The van der Waals surface area contributed by atoms with Crippen molar-refractivity contribution < 1.29 is 0 Å². The van der Waals surface area contributed by atoms with Gasteiger partial charge >= 0.3 is 0 Å². The lowest BCUT2D eigenvalue weighted by Gasteiger charge is -2.11. The van der Waals surface area contributed by atoms with Gasteiger partial charge in [-0.1, -0.05) is 48.0 Å². The first-order chi connectivity index (χ1) is 10.7. The average Bonchev–Trinajstić information content (AvgIpc) is 2.51. The summed E-state index contributed by atoms with van der Waals surface area (Å²) in [7, 11) is 0. The van der Waals surface area contributed by atoms with Gasteiger partial charge in [-0.2, -0.15) is 11.8 Å². The summed E-state index contributed by atoms with van der Waals surface area (Å²) in [4.78, 5) is 0. The van der Waals surface area contributed by atoms with Crippen LogP contribution in [0.1, 0.15) is 11.1 Å². The first-order valence-corrected chi connectivity index (χ1v) is 9.02. The molecule has 0 fully saturated rings. The van der Waals surface area contributed by atoms with Gasteiger partial charge in [0.15, 0.2) is 5.11 Å². The fourth-order valence-corrected chi connectivity index (χ4v) is 3.25. The molecule has 0 aliphatic heterocycles. The SMILES string of the molecule is Cc1ccccc1CSCCNC(=S)Nc1ccccc1Cl. The average molecular weight is 351 g/mol. The summed E-state index contributed by atoms with van der Waals surface area (Å²) in [5.74, 6) is 2.03. The van der Waals surface area contributed by atoms with Gasteiger partial charge < -0.3 is 10.6 Å². The number of rotatable bonds is 6. The third-order valence-corrected chi connectivity index (χ3v) is 4.76. The first kappa shape index (κ1) is 17.1. The first-order valence-electron chi connectivity index (χ1n) is 7.08. The van der Waals surface area contributed by atoms with Gasteiger partial charge in [-0.25, -0.2) is 0 Å². The zero-order valence-corrected chi connectivity index (χ0v) is 14.8. The van der Waals surface area contributed by atoms with Crippen LogP contribution >= 0.6 is 35.6 Å². The van der Waals surface area contributed by atoms with E-state index in [9.17, 15) is 0 Å². The van der Waals surface area contributed by atoms with Crippen LogP contribution in [0.15, 0.2) is 48.5 Å². The van der Waals surface area contributed by atoms with E-state index in [1.165, 1.54) is 11.1 Å². The number of hydrogen-bond acceptors (Lipinski definition) is 2. The number of hydrogen-bond donors (Lipinski definition) is 2. The van der Waals surface area contributed by atoms with E-state index in [2.05, 4.69) is 41.8 Å². The molecule has 0 aromatic heterocycles. The lowest BCUT2D eigenvalue weighted by molar-refractivity contribution is 0.989. The molecule has 2 aromatic carbocycles. The Morgan fingerprint density at radius 3 is 2.64 bits per heavy atom. The maximum Gasteiger partial charge on any atom is 0.170 e. The highest BCUT2D eigenvalue weighted by molar-refractivity contribution is 7.98. The maximum absolute atomic E-state index is 6.08. The van der Waals surface area contributed by atoms with Gasteiger partial charge in [-0.3, -0.25) is 0 Å². The molecule has 0 atom stereocenters. The van der Waals surface area contributed by atoms with Crippen molar-refractivity contribution in [3.8, 4) is 0 Å². The molecular weight excluding hydrogens is 332 g/mol. The Morgan fingerprint density at radius 1 is 1.14 bits per heavy atom. The van der Waals surface area contributed by atoms with Gasteiger partial charge in [-0.05, 0) is 42.4 Å². The van der Waals surface area contributed by atoms with Crippen LogP contribution in [0.3, 0.4) is 0 Å². The molecule has 0 aliphatic rings. The predicted octanol–water partition coefficient (Wildman–Crippen LogP) is 4.87. The van der Waals surface area contributed by atoms with Crippen LogP contribution in [-0.4, -0.2) is 17.4 Å². The minimum atomic E-state index is 0.601. The van der Waals surface area contributed by atoms with Gasteiger partial charge in [0.05, 0.1) is 10.7 Å². The molecule has 0 amide bonds. The normalized spacial score (nSPS) is 10.3. The highest BCUT2D eigenvalue weighted by Crippen LogP contribution is 2.20. The van der Waals surface area contributed by atoms with E-state index < -0.39 is 0 Å². The molecule has 2 aromatic rings. The highest BCUT2D eigenvalue weighted by Gasteiger charge is 2.01. The Labute approximate surface area is 146 Å². The van der Waals surface area contributed by atoms with Crippen LogP contribution < -0.4 is 10.6 Å². The van der Waals surface area contributed by atoms with Crippen LogP contribution in [-0.2, 0) is 5.75 Å². The zero-order chi connectivity index (χ0) is 15.8. The van der Waals surface area contributed by atoms with Gasteiger partial charge in [-0.15, -0.1) is 0 Å². The minimum Gasteiger partial charge on any atom is -0.362 e. The molecule has 22 heavy (non-hydrogen) atoms. The van der Waals surface area contributed by atoms with Gasteiger partial charge in [0.25, 0.3) is 0 Å². The van der Waals surface area contributed by atoms with Crippen LogP contribution in [0.5, 0.6) is 0 Å². The van der Waals surface area contributed by atoms with Crippen LogP contribution in [0.2, 0.25) is 5.02 Å². The molecule has 116 valence electrons. The topological polar surface area (TPSA) is 24.1 Å². The zero-order valence-electron chi connectivity index (χ0n) is 12.4. The highest BCUT2D eigenvalue weighted by atomic mass is 35.5. The Hall–Kier alpha value is -1.23. The van der Waals surface area contributed by atoms with Crippen molar-refractivity contribution in [1.29, 1.82) is 0 Å². The number of benzene rings is 2. The van der Waals surface area contributed by atoms with E-state index in [0.717, 1.165) is 23.7 Å². The number of para-hydroxylation sites is 1. The van der Waals surface area contributed by atoms with Crippen LogP contribution in [0.25, 0.3) is 0 Å². The monoisotopic (exact) mass is 350 g/mol. The Kier molecular flexibility index (Phi) is 7.03. The maximum atomic E-state index is 6.08. The molecule has 5 heteroatoms. The van der Waals surface area contributed by atoms with Crippen molar-refractivity contribution in [3.05, 3.63) is 64.7 Å². The fraction of sp³-hybridized carbons (Fsp3) is 0.235. The summed E-state index contributed by atoms with van der Waals surface area (Å²) < 4.78 is 0. The van der Waals surface area contributed by atoms with Crippen molar-refractivity contribution in [3.63, 3.8) is 0 Å². The quantitative estimate of drug-likeness (QED) is 0.573. The van der Waals surface area contributed by atoms with Gasteiger partial charge in [0, 0.05) is 18.1 Å². The summed E-state index contributed by atoms with van der Waals surface area (Å²) in [6.45, 7) is 2.98. The van der Waals surface area contributed by atoms with E-state index in [4.69, 9.17) is 23.8 Å². The van der Waals surface area contributed by atoms with Crippen molar-refractivity contribution in [2.45, 2.75) is 12.7 Å². The van der Waals surface area contributed by atoms with E-state index >= 15 is 0 Å². The number of aryl methyl sites for hydroxylation is 1. The Balaban J connectivity index is 1.65. The summed E-state index contributed by atoms with van der Waals surface area (Å²) in [6, 6.07) is 16.1. The van der Waals surface area contributed by atoms with E-state index in [1.54, 1.807) is 0 Å². The molecule has 0 spiro atoms. The number of anilines is 1. The molecule has 0 aliphatic carbocycles. The van der Waals surface area contributed by atoms with E-state index in [1.807, 2.05) is 36.0 Å². The third kappa shape index (κ3) is 5.52. The summed E-state index contributed by atoms with van der Waals surface area (Å²) in [5.41, 5.74) is 3.57. The molecule has 2 N–H and O–H groups in total. The number of halogens is 1. The molecule has 0 unspecified atom stereocenters. The number of thioether (sulfide) groups is 1. The van der Waals surface area contributed by atoms with Crippen LogP contribution in [0, 0.1) is 6.92 Å². The second-order valence-corrected chi connectivity index (χ2v) is 6.76. The lowest BCUT2D eigenvalue weighted by Crippen LogP contribution is -2.30. The predicted molar refractivity (Wildman–Crippen MR) is 103 cm³/mol. The standard InChI is InChI=1S/C17H19ClN2S2/c1-13-6-2-3-7-14(13)12-22-11-10-19-17(21)20-16-9-5-4-8-15(16)18/h2-9H,10-12H2,1H3,(H2,19,20,21). The molecule has 0 saturated carbocycles. The van der Waals surface area contributed by atoms with Crippen molar-refractivity contribution >= 4 is 46.4 Å². The minimum absolute atomic E-state index is 0.601. The molecule has 0 saturated heterocycles. The summed E-state index contributed by atoms with van der Waals surface area (Å²) in [5, 5.41) is 7.58. The number of nitrogens with one attached hydrogen (secondary N) is 2. The van der Waals surface area contributed by atoms with E-state index in [-0.39, 0.29) is 0 Å². The van der Waals surface area contributed by atoms with E-state index in [0.29, 0.717) is 10.1 Å². The van der Waals surface area contributed by atoms with Crippen molar-refractivity contribution in [1.82, 2.24) is 5.32 Å². The fourth-order valence-electron chi connectivity index (χ4n) is 1.92. The molecular formula is C17H19ClN2S2. The van der Waals surface area contributed by atoms with Gasteiger partial charge in [0.2, 0.25) is 0 Å². The smallest absolute Gasteiger partial charge is 0.170 e. The molecule has 2 nitrogen and oxygen atoms in total. The second kappa shape index (κ2) is 9.03.